The van der Waals surface area contributed by atoms with Gasteiger partial charge in [-0.3, -0.25) is 4.90 Å². The normalized spacial score (nSPS) is 20.8. The molecule has 0 saturated carbocycles. The molecule has 2 rings (SSSR count). The molecule has 0 spiro atoms. The molecule has 1 aliphatic heterocycles. The fraction of sp³-hybridized carbons (Fsp3) is 0.625. The lowest BCUT2D eigenvalue weighted by Gasteiger charge is -2.29. The first-order valence-electron chi connectivity index (χ1n) is 7.20. The number of hydrogen-bond donors (Lipinski definition) is 1. The zero-order valence-electron chi connectivity index (χ0n) is 12.6. The largest absolute Gasteiger partial charge is 0.496 e. The molecule has 106 valence electrons. The fourth-order valence-corrected chi connectivity index (χ4v) is 2.84. The number of benzene rings is 1. The Hall–Kier alpha value is -1.06. The van der Waals surface area contributed by atoms with Gasteiger partial charge in [0, 0.05) is 24.2 Å². The topological polar surface area (TPSA) is 24.5 Å². The van der Waals surface area contributed by atoms with Crippen LogP contribution in [0, 0.1) is 6.92 Å². The lowest BCUT2D eigenvalue weighted by Crippen LogP contribution is -2.36. The predicted molar refractivity (Wildman–Crippen MR) is 79.8 cm³/mol. The number of hydrogen-bond acceptors (Lipinski definition) is 3. The van der Waals surface area contributed by atoms with Gasteiger partial charge in [0.1, 0.15) is 5.75 Å². The van der Waals surface area contributed by atoms with Crippen LogP contribution in [-0.4, -0.2) is 38.2 Å². The minimum absolute atomic E-state index is 0.372. The molecule has 3 nitrogen and oxygen atoms in total. The molecule has 1 N–H and O–H groups in total. The molecule has 0 radical (unpaired) electrons. The second-order valence-corrected chi connectivity index (χ2v) is 5.65. The van der Waals surface area contributed by atoms with Gasteiger partial charge in [-0.05, 0) is 46.3 Å². The van der Waals surface area contributed by atoms with Crippen molar-refractivity contribution in [3.8, 4) is 5.75 Å². The van der Waals surface area contributed by atoms with Gasteiger partial charge in [0.2, 0.25) is 0 Å². The zero-order chi connectivity index (χ0) is 13.8. The van der Waals surface area contributed by atoms with E-state index >= 15 is 0 Å². The quantitative estimate of drug-likeness (QED) is 0.883. The van der Waals surface area contributed by atoms with Crippen molar-refractivity contribution in [1.82, 2.24) is 10.2 Å². The molecule has 1 heterocycles. The molecule has 3 heteroatoms. The number of nitrogens with zero attached hydrogens (tertiary/aromatic N) is 1. The van der Waals surface area contributed by atoms with Crippen molar-refractivity contribution in [3.63, 3.8) is 0 Å². The van der Waals surface area contributed by atoms with Crippen LogP contribution < -0.4 is 10.1 Å². The van der Waals surface area contributed by atoms with Gasteiger partial charge >= 0.3 is 0 Å². The first kappa shape index (κ1) is 14.4. The summed E-state index contributed by atoms with van der Waals surface area (Å²) in [5.74, 6) is 0.990. The summed E-state index contributed by atoms with van der Waals surface area (Å²) in [6.07, 6.45) is 2.60. The Kier molecular flexibility index (Phi) is 4.83. The summed E-state index contributed by atoms with van der Waals surface area (Å²) in [5.41, 5.74) is 2.57. The van der Waals surface area contributed by atoms with Crippen LogP contribution in [-0.2, 0) is 0 Å². The molecule has 0 aromatic heterocycles. The molecule has 0 amide bonds. The summed E-state index contributed by atoms with van der Waals surface area (Å²) in [6, 6.07) is 7.43. The number of likely N-dealkylation sites (N-methyl/N-ethyl adjacent to an activating group) is 1. The Bertz CT molecular complexity index is 413. The summed E-state index contributed by atoms with van der Waals surface area (Å²) in [4.78, 5) is 2.42. The van der Waals surface area contributed by atoms with E-state index in [4.69, 9.17) is 4.74 Å². The van der Waals surface area contributed by atoms with Gasteiger partial charge in [0.05, 0.1) is 7.11 Å². The van der Waals surface area contributed by atoms with Gasteiger partial charge in [0.15, 0.2) is 0 Å². The van der Waals surface area contributed by atoms with Crippen LogP contribution in [0.1, 0.15) is 36.9 Å². The van der Waals surface area contributed by atoms with Gasteiger partial charge in [-0.25, -0.2) is 0 Å². The standard InChI is InChI=1S/C16H26N2O/c1-12-7-8-16(19-4)15(10-12)13(2)18(3)11-14-6-5-9-17-14/h7-8,10,13-14,17H,5-6,9,11H2,1-4H3. The van der Waals surface area contributed by atoms with Gasteiger partial charge in [-0.15, -0.1) is 0 Å². The van der Waals surface area contributed by atoms with Crippen LogP contribution in [0.5, 0.6) is 5.75 Å². The number of ether oxygens (including phenoxy) is 1. The average Bonchev–Trinajstić information content (AvgIpc) is 2.90. The average molecular weight is 262 g/mol. The molecule has 2 atom stereocenters. The number of nitrogens with one attached hydrogen (secondary N) is 1. The van der Waals surface area contributed by atoms with E-state index in [1.807, 2.05) is 0 Å². The lowest BCUT2D eigenvalue weighted by molar-refractivity contribution is 0.233. The van der Waals surface area contributed by atoms with Crippen LogP contribution in [0.2, 0.25) is 0 Å². The Balaban J connectivity index is 2.08. The van der Waals surface area contributed by atoms with Crippen LogP contribution in [0.25, 0.3) is 0 Å². The Labute approximate surface area is 116 Å². The van der Waals surface area contributed by atoms with Crippen LogP contribution >= 0.6 is 0 Å². The predicted octanol–water partition coefficient (Wildman–Crippen LogP) is 2.75. The van der Waals surface area contributed by atoms with E-state index in [-0.39, 0.29) is 0 Å². The van der Waals surface area contributed by atoms with E-state index in [0.29, 0.717) is 12.1 Å². The molecule has 1 aromatic carbocycles. The second kappa shape index (κ2) is 6.40. The van der Waals surface area contributed by atoms with Gasteiger partial charge in [-0.1, -0.05) is 17.7 Å². The van der Waals surface area contributed by atoms with Gasteiger partial charge in [-0.2, -0.15) is 0 Å². The van der Waals surface area contributed by atoms with E-state index in [9.17, 15) is 0 Å². The zero-order valence-corrected chi connectivity index (χ0v) is 12.6. The highest BCUT2D eigenvalue weighted by atomic mass is 16.5. The highest BCUT2D eigenvalue weighted by molar-refractivity contribution is 5.38. The van der Waals surface area contributed by atoms with Crippen molar-refractivity contribution < 1.29 is 4.74 Å². The summed E-state index contributed by atoms with van der Waals surface area (Å²) in [5, 5.41) is 3.56. The highest BCUT2D eigenvalue weighted by Crippen LogP contribution is 2.29. The molecule has 1 fully saturated rings. The highest BCUT2D eigenvalue weighted by Gasteiger charge is 2.21. The molecule has 1 saturated heterocycles. The monoisotopic (exact) mass is 262 g/mol. The second-order valence-electron chi connectivity index (χ2n) is 5.65. The molecular weight excluding hydrogens is 236 g/mol. The SMILES string of the molecule is COc1ccc(C)cc1C(C)N(C)CC1CCCN1. The molecule has 19 heavy (non-hydrogen) atoms. The third kappa shape index (κ3) is 3.48. The summed E-state index contributed by atoms with van der Waals surface area (Å²) in [6.45, 7) is 6.65. The Morgan fingerprint density at radius 2 is 2.26 bits per heavy atom. The molecular formula is C16H26N2O. The lowest BCUT2D eigenvalue weighted by atomic mass is 10.0. The summed E-state index contributed by atoms with van der Waals surface area (Å²) >= 11 is 0. The number of aryl methyl sites for hydroxylation is 1. The smallest absolute Gasteiger partial charge is 0.123 e. The minimum atomic E-state index is 0.372. The van der Waals surface area contributed by atoms with E-state index < -0.39 is 0 Å². The maximum Gasteiger partial charge on any atom is 0.123 e. The maximum absolute atomic E-state index is 5.50. The first-order valence-corrected chi connectivity index (χ1v) is 7.20. The third-order valence-corrected chi connectivity index (χ3v) is 4.17. The molecule has 0 aliphatic carbocycles. The van der Waals surface area contributed by atoms with Crippen molar-refractivity contribution in [1.29, 1.82) is 0 Å². The Morgan fingerprint density at radius 1 is 1.47 bits per heavy atom. The summed E-state index contributed by atoms with van der Waals surface area (Å²) < 4.78 is 5.50. The van der Waals surface area contributed by atoms with Crippen LogP contribution in [0.4, 0.5) is 0 Å². The van der Waals surface area contributed by atoms with Crippen molar-refractivity contribution in [2.24, 2.45) is 0 Å². The van der Waals surface area contributed by atoms with Crippen LogP contribution in [0.15, 0.2) is 18.2 Å². The molecule has 1 aliphatic rings. The van der Waals surface area contributed by atoms with E-state index in [0.717, 1.165) is 12.3 Å². The minimum Gasteiger partial charge on any atom is -0.496 e. The fourth-order valence-electron chi connectivity index (χ4n) is 2.84. The Morgan fingerprint density at radius 3 is 2.89 bits per heavy atom. The van der Waals surface area contributed by atoms with Crippen molar-refractivity contribution in [2.45, 2.75) is 38.8 Å². The van der Waals surface area contributed by atoms with Crippen molar-refractivity contribution >= 4 is 0 Å². The van der Waals surface area contributed by atoms with Crippen molar-refractivity contribution in [2.75, 3.05) is 27.2 Å². The van der Waals surface area contributed by atoms with Gasteiger partial charge in [0.25, 0.3) is 0 Å². The number of rotatable bonds is 5. The van der Waals surface area contributed by atoms with E-state index in [1.165, 1.54) is 30.5 Å². The van der Waals surface area contributed by atoms with Crippen molar-refractivity contribution in [3.05, 3.63) is 29.3 Å². The van der Waals surface area contributed by atoms with Gasteiger partial charge < -0.3 is 10.1 Å². The van der Waals surface area contributed by atoms with Crippen LogP contribution in [0.3, 0.4) is 0 Å². The molecule has 0 bridgehead atoms. The third-order valence-electron chi connectivity index (χ3n) is 4.17. The number of methoxy groups -OCH3 is 1. The summed E-state index contributed by atoms with van der Waals surface area (Å²) in [7, 11) is 3.95. The van der Waals surface area contributed by atoms with E-state index in [1.54, 1.807) is 7.11 Å². The molecule has 2 unspecified atom stereocenters. The maximum atomic E-state index is 5.50. The molecule has 1 aromatic rings. The van der Waals surface area contributed by atoms with E-state index in [2.05, 4.69) is 49.3 Å². The first-order chi connectivity index (χ1) is 9.11.